The van der Waals surface area contributed by atoms with E-state index < -0.39 is 0 Å². The van der Waals surface area contributed by atoms with E-state index in [1.807, 2.05) is 19.1 Å². The number of nitrogens with two attached hydrogens (primary N) is 1. The highest BCUT2D eigenvalue weighted by Gasteiger charge is 2.31. The average molecular weight is 229 g/mol. The lowest BCUT2D eigenvalue weighted by atomic mass is 9.86. The zero-order chi connectivity index (χ0) is 12.5. The Morgan fingerprint density at radius 3 is 2.94 bits per heavy atom. The Morgan fingerprint density at radius 1 is 1.47 bits per heavy atom. The van der Waals surface area contributed by atoms with E-state index in [2.05, 4.69) is 31.8 Å². The minimum absolute atomic E-state index is 0.0347. The molecule has 0 radical (unpaired) electrons. The molecule has 0 spiro atoms. The van der Waals surface area contributed by atoms with Crippen LogP contribution in [-0.4, -0.2) is 12.6 Å². The summed E-state index contributed by atoms with van der Waals surface area (Å²) in [5.74, 6) is 7.17. The SMILES string of the molecule is CCC(N)C#Cc1ccc2c(c1)C(C)(C)CO2. The summed E-state index contributed by atoms with van der Waals surface area (Å²) in [4.78, 5) is 0. The molecule has 0 aromatic heterocycles. The van der Waals surface area contributed by atoms with Crippen molar-refractivity contribution in [2.45, 2.75) is 38.6 Å². The van der Waals surface area contributed by atoms with Crippen molar-refractivity contribution in [2.75, 3.05) is 6.61 Å². The third-order valence-corrected chi connectivity index (χ3v) is 3.14. The minimum Gasteiger partial charge on any atom is -0.492 e. The van der Waals surface area contributed by atoms with Crippen LogP contribution in [0.2, 0.25) is 0 Å². The molecule has 2 N–H and O–H groups in total. The van der Waals surface area contributed by atoms with Crippen molar-refractivity contribution in [1.82, 2.24) is 0 Å². The number of hydrogen-bond donors (Lipinski definition) is 1. The van der Waals surface area contributed by atoms with Gasteiger partial charge < -0.3 is 10.5 Å². The Hall–Kier alpha value is -1.46. The molecule has 0 aliphatic carbocycles. The summed E-state index contributed by atoms with van der Waals surface area (Å²) in [7, 11) is 0. The first kappa shape index (κ1) is 12.0. The van der Waals surface area contributed by atoms with Gasteiger partial charge in [0.15, 0.2) is 0 Å². The molecule has 1 aliphatic heterocycles. The van der Waals surface area contributed by atoms with E-state index in [4.69, 9.17) is 10.5 Å². The second kappa shape index (κ2) is 4.43. The standard InChI is InChI=1S/C15H19NO/c1-4-12(16)7-5-11-6-8-14-13(9-11)15(2,3)10-17-14/h6,8-9,12H,4,10,16H2,1-3H3. The van der Waals surface area contributed by atoms with Crippen LogP contribution in [0, 0.1) is 11.8 Å². The molecule has 0 amide bonds. The van der Waals surface area contributed by atoms with E-state index >= 15 is 0 Å². The van der Waals surface area contributed by atoms with Gasteiger partial charge in [-0.3, -0.25) is 0 Å². The molecule has 0 bridgehead atoms. The minimum atomic E-state index is -0.0347. The first-order chi connectivity index (χ1) is 8.03. The fourth-order valence-corrected chi connectivity index (χ4v) is 1.88. The van der Waals surface area contributed by atoms with Crippen LogP contribution in [0.4, 0.5) is 0 Å². The molecular weight excluding hydrogens is 210 g/mol. The van der Waals surface area contributed by atoms with E-state index in [0.717, 1.165) is 24.3 Å². The number of ether oxygens (including phenoxy) is 1. The highest BCUT2D eigenvalue weighted by Crippen LogP contribution is 2.38. The van der Waals surface area contributed by atoms with Crippen molar-refractivity contribution in [3.8, 4) is 17.6 Å². The maximum absolute atomic E-state index is 5.79. The zero-order valence-electron chi connectivity index (χ0n) is 10.7. The van der Waals surface area contributed by atoms with Gasteiger partial charge in [-0.25, -0.2) is 0 Å². The van der Waals surface area contributed by atoms with Gasteiger partial charge in [-0.15, -0.1) is 0 Å². The number of rotatable bonds is 1. The van der Waals surface area contributed by atoms with E-state index in [9.17, 15) is 0 Å². The lowest BCUT2D eigenvalue weighted by molar-refractivity contribution is 0.291. The van der Waals surface area contributed by atoms with Crippen LogP contribution in [0.5, 0.6) is 5.75 Å². The summed E-state index contributed by atoms with van der Waals surface area (Å²) in [6.45, 7) is 7.16. The molecular formula is C15H19NO. The first-order valence-corrected chi connectivity index (χ1v) is 6.07. The Morgan fingerprint density at radius 2 is 2.24 bits per heavy atom. The average Bonchev–Trinajstić information content (AvgIpc) is 2.62. The summed E-state index contributed by atoms with van der Waals surface area (Å²) < 4.78 is 5.64. The fraction of sp³-hybridized carbons (Fsp3) is 0.467. The fourth-order valence-electron chi connectivity index (χ4n) is 1.88. The van der Waals surface area contributed by atoms with Crippen LogP contribution in [0.3, 0.4) is 0 Å². The van der Waals surface area contributed by atoms with Gasteiger partial charge in [-0.1, -0.05) is 32.6 Å². The Balaban J connectivity index is 2.30. The van der Waals surface area contributed by atoms with Crippen molar-refractivity contribution in [2.24, 2.45) is 5.73 Å². The van der Waals surface area contributed by atoms with Gasteiger partial charge in [-0.05, 0) is 24.6 Å². The lowest BCUT2D eigenvalue weighted by Crippen LogP contribution is -2.18. The summed E-state index contributed by atoms with van der Waals surface area (Å²) in [5, 5.41) is 0. The van der Waals surface area contributed by atoms with Gasteiger partial charge in [-0.2, -0.15) is 0 Å². The monoisotopic (exact) mass is 229 g/mol. The van der Waals surface area contributed by atoms with Crippen molar-refractivity contribution in [3.63, 3.8) is 0 Å². The molecule has 1 aliphatic rings. The first-order valence-electron chi connectivity index (χ1n) is 6.07. The van der Waals surface area contributed by atoms with E-state index in [0.29, 0.717) is 0 Å². The second-order valence-electron chi connectivity index (χ2n) is 5.17. The van der Waals surface area contributed by atoms with Crippen molar-refractivity contribution in [3.05, 3.63) is 29.3 Å². The molecule has 1 atom stereocenters. The van der Waals surface area contributed by atoms with Crippen LogP contribution >= 0.6 is 0 Å². The second-order valence-corrected chi connectivity index (χ2v) is 5.17. The Kier molecular flexibility index (Phi) is 3.13. The summed E-state index contributed by atoms with van der Waals surface area (Å²) in [6, 6.07) is 6.09. The molecule has 1 unspecified atom stereocenters. The summed E-state index contributed by atoms with van der Waals surface area (Å²) >= 11 is 0. The van der Waals surface area contributed by atoms with Crippen LogP contribution < -0.4 is 10.5 Å². The zero-order valence-corrected chi connectivity index (χ0v) is 10.7. The normalized spacial score (nSPS) is 17.6. The molecule has 17 heavy (non-hydrogen) atoms. The van der Waals surface area contributed by atoms with E-state index in [1.54, 1.807) is 0 Å². The molecule has 2 rings (SSSR count). The quantitative estimate of drug-likeness (QED) is 0.751. The summed E-state index contributed by atoms with van der Waals surface area (Å²) in [6.07, 6.45) is 0.881. The van der Waals surface area contributed by atoms with Gasteiger partial charge in [0.05, 0.1) is 12.6 Å². The third-order valence-electron chi connectivity index (χ3n) is 3.14. The maximum atomic E-state index is 5.79. The number of fused-ring (bicyclic) bond motifs is 1. The van der Waals surface area contributed by atoms with E-state index in [1.165, 1.54) is 5.56 Å². The van der Waals surface area contributed by atoms with Gasteiger partial charge in [0.25, 0.3) is 0 Å². The van der Waals surface area contributed by atoms with Gasteiger partial charge in [0, 0.05) is 16.5 Å². The van der Waals surface area contributed by atoms with Crippen molar-refractivity contribution >= 4 is 0 Å². The molecule has 2 heteroatoms. The number of hydrogen-bond acceptors (Lipinski definition) is 2. The molecule has 1 heterocycles. The van der Waals surface area contributed by atoms with Crippen LogP contribution in [-0.2, 0) is 5.41 Å². The predicted octanol–water partition coefficient (Wildman–Crippen LogP) is 2.45. The molecule has 0 saturated carbocycles. The maximum Gasteiger partial charge on any atom is 0.123 e. The third kappa shape index (κ3) is 2.45. The van der Waals surface area contributed by atoms with Crippen LogP contribution in [0.15, 0.2) is 18.2 Å². The van der Waals surface area contributed by atoms with Gasteiger partial charge in [0.2, 0.25) is 0 Å². The Labute approximate surface area is 103 Å². The highest BCUT2D eigenvalue weighted by atomic mass is 16.5. The Bertz CT molecular complexity index is 479. The topological polar surface area (TPSA) is 35.2 Å². The smallest absolute Gasteiger partial charge is 0.123 e. The van der Waals surface area contributed by atoms with Crippen molar-refractivity contribution in [1.29, 1.82) is 0 Å². The van der Waals surface area contributed by atoms with Gasteiger partial charge >= 0.3 is 0 Å². The molecule has 90 valence electrons. The van der Waals surface area contributed by atoms with Crippen LogP contribution in [0.1, 0.15) is 38.3 Å². The summed E-state index contributed by atoms with van der Waals surface area (Å²) in [5.41, 5.74) is 8.14. The van der Waals surface area contributed by atoms with Crippen LogP contribution in [0.25, 0.3) is 0 Å². The molecule has 1 aromatic carbocycles. The lowest BCUT2D eigenvalue weighted by Gasteiger charge is -2.14. The largest absolute Gasteiger partial charge is 0.492 e. The highest BCUT2D eigenvalue weighted by molar-refractivity contribution is 5.49. The predicted molar refractivity (Wildman–Crippen MR) is 70.1 cm³/mol. The molecule has 2 nitrogen and oxygen atoms in total. The van der Waals surface area contributed by atoms with E-state index in [-0.39, 0.29) is 11.5 Å². The molecule has 1 aromatic rings. The number of benzene rings is 1. The van der Waals surface area contributed by atoms with Gasteiger partial charge in [0.1, 0.15) is 5.75 Å². The molecule has 0 saturated heterocycles. The molecule has 0 fully saturated rings. The van der Waals surface area contributed by atoms with Crippen molar-refractivity contribution < 1.29 is 4.74 Å².